The Balaban J connectivity index is 1.69. The van der Waals surface area contributed by atoms with E-state index in [9.17, 15) is 14.7 Å². The van der Waals surface area contributed by atoms with Crippen molar-refractivity contribution in [3.63, 3.8) is 0 Å². The quantitative estimate of drug-likeness (QED) is 0.630. The largest absolute Gasteiger partial charge is 0.476 e. The van der Waals surface area contributed by atoms with Crippen LogP contribution in [0.25, 0.3) is 6.08 Å². The number of rotatable bonds is 6. The van der Waals surface area contributed by atoms with Crippen molar-refractivity contribution in [2.75, 3.05) is 6.61 Å². The molecule has 2 aromatic rings. The van der Waals surface area contributed by atoms with Crippen molar-refractivity contribution in [1.29, 1.82) is 0 Å². The average Bonchev–Trinajstić information content (AvgIpc) is 2.68. The zero-order valence-electron chi connectivity index (χ0n) is 14.3. The molecule has 0 saturated carbocycles. The lowest BCUT2D eigenvalue weighted by Crippen LogP contribution is -2.49. The molecule has 1 heterocycles. The van der Waals surface area contributed by atoms with Crippen LogP contribution in [0.4, 0.5) is 0 Å². The summed E-state index contributed by atoms with van der Waals surface area (Å²) in [5.74, 6) is -2.56. The molecule has 1 aliphatic heterocycles. The molecule has 26 heavy (non-hydrogen) atoms. The summed E-state index contributed by atoms with van der Waals surface area (Å²) in [5.41, 5.74) is 1.44. The number of ketones is 1. The summed E-state index contributed by atoms with van der Waals surface area (Å²) in [6, 6.07) is 16.0. The molecule has 0 aliphatic carbocycles. The zero-order chi connectivity index (χ0) is 18.4. The minimum Gasteiger partial charge on any atom is -0.476 e. The lowest BCUT2D eigenvalue weighted by atomic mass is 10.1. The van der Waals surface area contributed by atoms with E-state index < -0.39 is 11.8 Å². The van der Waals surface area contributed by atoms with Crippen LogP contribution in [0.1, 0.15) is 35.2 Å². The molecular formula is C21H20O5. The first kappa shape index (κ1) is 17.9. The van der Waals surface area contributed by atoms with E-state index in [1.807, 2.05) is 30.3 Å². The lowest BCUT2D eigenvalue weighted by Gasteiger charge is -2.33. The van der Waals surface area contributed by atoms with E-state index >= 15 is 0 Å². The fourth-order valence-electron chi connectivity index (χ4n) is 2.77. The third-order valence-corrected chi connectivity index (χ3v) is 4.21. The maximum atomic E-state index is 12.2. The van der Waals surface area contributed by atoms with Gasteiger partial charge in [-0.25, -0.2) is 4.79 Å². The number of carbonyl (C=O) groups is 2. The van der Waals surface area contributed by atoms with Crippen molar-refractivity contribution in [3.05, 3.63) is 71.8 Å². The van der Waals surface area contributed by atoms with Gasteiger partial charge in [-0.05, 0) is 48.7 Å². The summed E-state index contributed by atoms with van der Waals surface area (Å²) >= 11 is 0. The van der Waals surface area contributed by atoms with Crippen molar-refractivity contribution in [2.45, 2.75) is 25.0 Å². The average molecular weight is 352 g/mol. The minimum atomic E-state index is -1.64. The summed E-state index contributed by atoms with van der Waals surface area (Å²) < 4.78 is 11.0. The van der Waals surface area contributed by atoms with Crippen molar-refractivity contribution in [1.82, 2.24) is 0 Å². The molecule has 0 radical (unpaired) electrons. The smallest absolute Gasteiger partial charge is 0.377 e. The molecule has 5 heteroatoms. The van der Waals surface area contributed by atoms with Gasteiger partial charge in [-0.1, -0.05) is 36.4 Å². The molecule has 1 aliphatic rings. The van der Waals surface area contributed by atoms with E-state index in [-0.39, 0.29) is 5.78 Å². The molecule has 1 fully saturated rings. The van der Waals surface area contributed by atoms with Crippen LogP contribution in [0.5, 0.6) is 5.75 Å². The van der Waals surface area contributed by atoms with Gasteiger partial charge < -0.3 is 14.6 Å². The highest BCUT2D eigenvalue weighted by molar-refractivity contribution is 6.06. The fraction of sp³-hybridized carbons (Fsp3) is 0.238. The number of allylic oxidation sites excluding steroid dienone is 1. The Morgan fingerprint density at radius 1 is 1.04 bits per heavy atom. The summed E-state index contributed by atoms with van der Waals surface area (Å²) in [7, 11) is 0. The van der Waals surface area contributed by atoms with Gasteiger partial charge in [0, 0.05) is 12.0 Å². The first-order valence-electron chi connectivity index (χ1n) is 8.53. The maximum absolute atomic E-state index is 12.2. The molecular weight excluding hydrogens is 332 g/mol. The van der Waals surface area contributed by atoms with Crippen molar-refractivity contribution < 1.29 is 24.2 Å². The predicted octanol–water partition coefficient (Wildman–Crippen LogP) is 3.94. The standard InChI is InChI=1S/C21H20O5/c22-19(13-8-16-6-2-1-3-7-16)17-9-11-18(12-10-17)26-21(20(23)24)14-4-5-15-25-21/h1-3,6-13H,4-5,14-15H2,(H,23,24)/b13-8+. The van der Waals surface area contributed by atoms with Crippen LogP contribution in [-0.2, 0) is 9.53 Å². The van der Waals surface area contributed by atoms with Crippen molar-refractivity contribution >= 4 is 17.8 Å². The molecule has 1 unspecified atom stereocenters. The van der Waals surface area contributed by atoms with E-state index in [4.69, 9.17) is 9.47 Å². The van der Waals surface area contributed by atoms with Gasteiger partial charge in [0.25, 0.3) is 0 Å². The Morgan fingerprint density at radius 3 is 2.38 bits per heavy atom. The highest BCUT2D eigenvalue weighted by Gasteiger charge is 2.44. The summed E-state index contributed by atoms with van der Waals surface area (Å²) in [5, 5.41) is 9.46. The number of carboxylic acids is 1. The van der Waals surface area contributed by atoms with E-state index in [1.54, 1.807) is 30.3 Å². The van der Waals surface area contributed by atoms with Gasteiger partial charge in [-0.2, -0.15) is 0 Å². The second kappa shape index (κ2) is 7.97. The Kier molecular flexibility index (Phi) is 5.49. The summed E-state index contributed by atoms with van der Waals surface area (Å²) in [4.78, 5) is 23.8. The highest BCUT2D eigenvalue weighted by Crippen LogP contribution is 2.29. The molecule has 1 saturated heterocycles. The van der Waals surface area contributed by atoms with Gasteiger partial charge in [-0.15, -0.1) is 0 Å². The molecule has 5 nitrogen and oxygen atoms in total. The van der Waals surface area contributed by atoms with Gasteiger partial charge in [0.15, 0.2) is 5.78 Å². The second-order valence-corrected chi connectivity index (χ2v) is 6.10. The monoisotopic (exact) mass is 352 g/mol. The normalized spacial score (nSPS) is 20.0. The van der Waals surface area contributed by atoms with Crippen LogP contribution in [0.3, 0.4) is 0 Å². The van der Waals surface area contributed by atoms with Crippen LogP contribution >= 0.6 is 0 Å². The van der Waals surface area contributed by atoms with Crippen LogP contribution in [0.15, 0.2) is 60.7 Å². The Hall–Kier alpha value is -2.92. The third-order valence-electron chi connectivity index (χ3n) is 4.21. The maximum Gasteiger partial charge on any atom is 0.377 e. The molecule has 1 atom stereocenters. The molecule has 0 amide bonds. The van der Waals surface area contributed by atoms with Gasteiger partial charge in [0.2, 0.25) is 0 Å². The van der Waals surface area contributed by atoms with Crippen molar-refractivity contribution in [3.8, 4) is 5.75 Å². The Bertz CT molecular complexity index is 787. The Labute approximate surface area is 151 Å². The highest BCUT2D eigenvalue weighted by atomic mass is 16.7. The lowest BCUT2D eigenvalue weighted by molar-refractivity contribution is -0.224. The number of benzene rings is 2. The van der Waals surface area contributed by atoms with Gasteiger partial charge in [-0.3, -0.25) is 4.79 Å². The minimum absolute atomic E-state index is 0.137. The van der Waals surface area contributed by atoms with E-state index in [1.165, 1.54) is 6.08 Å². The van der Waals surface area contributed by atoms with Crippen LogP contribution in [0.2, 0.25) is 0 Å². The van der Waals surface area contributed by atoms with E-state index in [0.717, 1.165) is 18.4 Å². The number of carboxylic acid groups (broad SMARTS) is 1. The SMILES string of the molecule is O=C(/C=C/c1ccccc1)c1ccc(OC2(C(=O)O)CCCCO2)cc1. The topological polar surface area (TPSA) is 72.8 Å². The molecule has 1 N–H and O–H groups in total. The molecule has 3 rings (SSSR count). The molecule has 2 aromatic carbocycles. The number of hydrogen-bond acceptors (Lipinski definition) is 4. The van der Waals surface area contributed by atoms with E-state index in [0.29, 0.717) is 24.3 Å². The van der Waals surface area contributed by atoms with Gasteiger partial charge in [0.05, 0.1) is 6.61 Å². The molecule has 0 spiro atoms. The second-order valence-electron chi connectivity index (χ2n) is 6.10. The van der Waals surface area contributed by atoms with Gasteiger partial charge in [0.1, 0.15) is 5.75 Å². The molecule has 0 aromatic heterocycles. The predicted molar refractivity (Wildman–Crippen MR) is 97.0 cm³/mol. The molecule has 134 valence electrons. The summed E-state index contributed by atoms with van der Waals surface area (Å²) in [6.07, 6.45) is 5.10. The van der Waals surface area contributed by atoms with Crippen LogP contribution < -0.4 is 4.74 Å². The number of aliphatic carboxylic acids is 1. The van der Waals surface area contributed by atoms with Crippen LogP contribution in [-0.4, -0.2) is 29.3 Å². The van der Waals surface area contributed by atoms with Gasteiger partial charge >= 0.3 is 11.8 Å². The van der Waals surface area contributed by atoms with Crippen molar-refractivity contribution in [2.24, 2.45) is 0 Å². The fourth-order valence-corrected chi connectivity index (χ4v) is 2.77. The summed E-state index contributed by atoms with van der Waals surface area (Å²) in [6.45, 7) is 0.354. The first-order chi connectivity index (χ1) is 12.6. The number of carbonyl (C=O) groups excluding carboxylic acids is 1. The zero-order valence-corrected chi connectivity index (χ0v) is 14.3. The molecule has 0 bridgehead atoms. The first-order valence-corrected chi connectivity index (χ1v) is 8.53. The van der Waals surface area contributed by atoms with Crippen LogP contribution in [0, 0.1) is 0 Å². The van der Waals surface area contributed by atoms with E-state index in [2.05, 4.69) is 0 Å². The Morgan fingerprint density at radius 2 is 1.77 bits per heavy atom. The number of hydrogen-bond donors (Lipinski definition) is 1. The number of ether oxygens (including phenoxy) is 2. The third kappa shape index (κ3) is 4.18.